The Morgan fingerprint density at radius 2 is 1.56 bits per heavy atom. The van der Waals surface area contributed by atoms with Crippen LogP contribution in [0.1, 0.15) is 70.6 Å². The molecule has 0 atom stereocenters. The second kappa shape index (κ2) is 14.0. The lowest BCUT2D eigenvalue weighted by Crippen LogP contribution is -1.81. The fraction of sp³-hybridized carbons (Fsp3) is 0.556. The molecule has 0 aliphatic heterocycles. The van der Waals surface area contributed by atoms with E-state index >= 15 is 0 Å². The maximum atomic E-state index is 2.21. The zero-order valence-electron chi connectivity index (χ0n) is 13.5. The lowest BCUT2D eigenvalue weighted by molar-refractivity contribution is 0.772. The minimum Gasteiger partial charge on any atom is -0.0871 e. The zero-order valence-corrected chi connectivity index (χ0v) is 13.5. The van der Waals surface area contributed by atoms with E-state index in [2.05, 4.69) is 58.0 Å². The van der Waals surface area contributed by atoms with E-state index in [9.17, 15) is 0 Å². The highest BCUT2D eigenvalue weighted by molar-refractivity contribution is 5.54. The predicted molar refractivity (Wildman–Crippen MR) is 87.2 cm³/mol. The molecule has 0 nitrogen and oxygen atoms in total. The standard InChI is InChI=1S/C11H14.C5H12.C2H6/c1-4-5-11-8-9(2)6-7-10(11)3;1-3-5-4-2;1-2/h4-8H,1-3H3;3-5H2,1-2H3;1-2H3/b5-4-;;. The largest absolute Gasteiger partial charge is 0.0871 e. The van der Waals surface area contributed by atoms with Gasteiger partial charge in [-0.1, -0.05) is 82.9 Å². The van der Waals surface area contributed by atoms with Crippen LogP contribution in [0.2, 0.25) is 0 Å². The lowest BCUT2D eigenvalue weighted by Gasteiger charge is -2.00. The van der Waals surface area contributed by atoms with Crippen molar-refractivity contribution in [2.45, 2.75) is 67.7 Å². The van der Waals surface area contributed by atoms with Crippen LogP contribution in [0.25, 0.3) is 6.08 Å². The monoisotopic (exact) mass is 248 g/mol. The molecule has 0 radical (unpaired) electrons. The average Bonchev–Trinajstić information content (AvgIpc) is 2.38. The fourth-order valence-electron chi connectivity index (χ4n) is 1.47. The number of rotatable bonds is 3. The Balaban J connectivity index is 0. The first-order valence-electron chi connectivity index (χ1n) is 7.35. The van der Waals surface area contributed by atoms with Crippen LogP contribution in [0.3, 0.4) is 0 Å². The molecule has 0 saturated heterocycles. The number of allylic oxidation sites excluding steroid dienone is 1. The molecule has 0 heterocycles. The minimum atomic E-state index is 1.32. The average molecular weight is 248 g/mol. The van der Waals surface area contributed by atoms with Gasteiger partial charge in [0.1, 0.15) is 0 Å². The number of hydrogen-bond acceptors (Lipinski definition) is 0. The minimum absolute atomic E-state index is 1.32. The molecular formula is C18H32. The Morgan fingerprint density at radius 1 is 1.00 bits per heavy atom. The van der Waals surface area contributed by atoms with Gasteiger partial charge in [-0.25, -0.2) is 0 Å². The summed E-state index contributed by atoms with van der Waals surface area (Å²) >= 11 is 0. The summed E-state index contributed by atoms with van der Waals surface area (Å²) < 4.78 is 0. The van der Waals surface area contributed by atoms with E-state index in [0.717, 1.165) is 0 Å². The zero-order chi connectivity index (χ0) is 14.4. The van der Waals surface area contributed by atoms with Crippen molar-refractivity contribution < 1.29 is 0 Å². The first kappa shape index (κ1) is 19.3. The number of unbranched alkanes of at least 4 members (excludes halogenated alkanes) is 2. The van der Waals surface area contributed by atoms with Crippen molar-refractivity contribution in [3.05, 3.63) is 41.0 Å². The Kier molecular flexibility index (Phi) is 15.0. The quantitative estimate of drug-likeness (QED) is 0.568. The van der Waals surface area contributed by atoms with Gasteiger partial charge in [0.2, 0.25) is 0 Å². The van der Waals surface area contributed by atoms with Gasteiger partial charge in [0, 0.05) is 0 Å². The highest BCUT2D eigenvalue weighted by Gasteiger charge is 1.92. The van der Waals surface area contributed by atoms with E-state index in [0.29, 0.717) is 0 Å². The molecule has 0 aromatic heterocycles. The molecule has 0 aliphatic carbocycles. The van der Waals surface area contributed by atoms with Crippen molar-refractivity contribution in [2.24, 2.45) is 0 Å². The molecule has 18 heavy (non-hydrogen) atoms. The smallest absolute Gasteiger partial charge is 0.0228 e. The number of hydrogen-bond donors (Lipinski definition) is 0. The molecule has 0 N–H and O–H groups in total. The van der Waals surface area contributed by atoms with E-state index < -0.39 is 0 Å². The molecule has 0 amide bonds. The summed E-state index contributed by atoms with van der Waals surface area (Å²) in [5, 5.41) is 0. The normalized spacial score (nSPS) is 9.28. The van der Waals surface area contributed by atoms with Crippen LogP contribution in [-0.2, 0) is 0 Å². The molecule has 0 bridgehead atoms. The van der Waals surface area contributed by atoms with Crippen molar-refractivity contribution in [3.63, 3.8) is 0 Å². The Labute approximate surface area is 115 Å². The van der Waals surface area contributed by atoms with Crippen LogP contribution in [0.5, 0.6) is 0 Å². The van der Waals surface area contributed by atoms with Gasteiger partial charge in [-0.05, 0) is 31.9 Å². The third-order valence-corrected chi connectivity index (χ3v) is 2.49. The van der Waals surface area contributed by atoms with Gasteiger partial charge in [0.25, 0.3) is 0 Å². The van der Waals surface area contributed by atoms with Crippen molar-refractivity contribution in [1.82, 2.24) is 0 Å². The Bertz CT molecular complexity index is 306. The van der Waals surface area contributed by atoms with Crippen LogP contribution in [0, 0.1) is 13.8 Å². The summed E-state index contributed by atoms with van der Waals surface area (Å²) in [5.41, 5.74) is 3.99. The Hall–Kier alpha value is -1.04. The first-order chi connectivity index (χ1) is 8.65. The van der Waals surface area contributed by atoms with E-state index in [1.54, 1.807) is 0 Å². The molecule has 0 fully saturated rings. The second-order valence-electron chi connectivity index (χ2n) is 4.21. The van der Waals surface area contributed by atoms with Crippen molar-refractivity contribution in [2.75, 3.05) is 0 Å². The molecule has 0 spiro atoms. The highest BCUT2D eigenvalue weighted by atomic mass is 14.0. The van der Waals surface area contributed by atoms with Crippen LogP contribution in [-0.4, -0.2) is 0 Å². The van der Waals surface area contributed by atoms with Gasteiger partial charge in [0.15, 0.2) is 0 Å². The van der Waals surface area contributed by atoms with Gasteiger partial charge < -0.3 is 0 Å². The molecule has 1 aromatic rings. The van der Waals surface area contributed by atoms with Crippen LogP contribution in [0.15, 0.2) is 24.3 Å². The Morgan fingerprint density at radius 3 is 1.94 bits per heavy atom. The number of benzene rings is 1. The fourth-order valence-corrected chi connectivity index (χ4v) is 1.47. The molecule has 104 valence electrons. The molecule has 1 aromatic carbocycles. The van der Waals surface area contributed by atoms with Gasteiger partial charge >= 0.3 is 0 Å². The van der Waals surface area contributed by atoms with E-state index in [1.165, 1.54) is 36.0 Å². The maximum Gasteiger partial charge on any atom is -0.0228 e. The molecule has 0 saturated carbocycles. The summed E-state index contributed by atoms with van der Waals surface area (Å²) in [4.78, 5) is 0. The summed E-state index contributed by atoms with van der Waals surface area (Å²) in [5.74, 6) is 0. The van der Waals surface area contributed by atoms with Crippen molar-refractivity contribution in [3.8, 4) is 0 Å². The predicted octanol–water partition coefficient (Wildman–Crippen LogP) is 6.56. The summed E-state index contributed by atoms with van der Waals surface area (Å²) in [6, 6.07) is 6.50. The van der Waals surface area contributed by atoms with Gasteiger partial charge in [-0.2, -0.15) is 0 Å². The van der Waals surface area contributed by atoms with Crippen LogP contribution >= 0.6 is 0 Å². The summed E-state index contributed by atoms with van der Waals surface area (Å²) in [6.45, 7) is 14.7. The van der Waals surface area contributed by atoms with Crippen LogP contribution in [0.4, 0.5) is 0 Å². The highest BCUT2D eigenvalue weighted by Crippen LogP contribution is 2.11. The summed E-state index contributed by atoms with van der Waals surface area (Å²) in [7, 11) is 0. The molecule has 0 unspecified atom stereocenters. The van der Waals surface area contributed by atoms with E-state index in [4.69, 9.17) is 0 Å². The van der Waals surface area contributed by atoms with Crippen molar-refractivity contribution in [1.29, 1.82) is 0 Å². The van der Waals surface area contributed by atoms with Gasteiger partial charge in [0.05, 0.1) is 0 Å². The van der Waals surface area contributed by atoms with Gasteiger partial charge in [-0.3, -0.25) is 0 Å². The second-order valence-corrected chi connectivity index (χ2v) is 4.21. The lowest BCUT2D eigenvalue weighted by atomic mass is 10.1. The van der Waals surface area contributed by atoms with Crippen LogP contribution < -0.4 is 0 Å². The SMILES string of the molecule is C/C=C\c1cc(C)ccc1C.CC.CCCCC. The molecule has 0 heteroatoms. The third-order valence-electron chi connectivity index (χ3n) is 2.49. The third kappa shape index (κ3) is 10.1. The van der Waals surface area contributed by atoms with Crippen molar-refractivity contribution >= 4 is 6.08 Å². The maximum absolute atomic E-state index is 2.21. The van der Waals surface area contributed by atoms with Gasteiger partial charge in [-0.15, -0.1) is 0 Å². The first-order valence-corrected chi connectivity index (χ1v) is 7.35. The number of aryl methyl sites for hydroxylation is 2. The summed E-state index contributed by atoms with van der Waals surface area (Å²) in [6.07, 6.45) is 8.29. The topological polar surface area (TPSA) is 0 Å². The molecule has 0 aliphatic rings. The van der Waals surface area contributed by atoms with E-state index in [-0.39, 0.29) is 0 Å². The molecule has 1 rings (SSSR count). The molecular weight excluding hydrogens is 216 g/mol. The van der Waals surface area contributed by atoms with E-state index in [1.807, 2.05) is 20.8 Å².